The zero-order valence-corrected chi connectivity index (χ0v) is 10.6. The van der Waals surface area contributed by atoms with Gasteiger partial charge in [0.15, 0.2) is 11.6 Å². The molecule has 1 aromatic rings. The van der Waals surface area contributed by atoms with E-state index < -0.39 is 29.0 Å². The van der Waals surface area contributed by atoms with Crippen LogP contribution in [0, 0.1) is 24.4 Å². The molecule has 0 aromatic heterocycles. The van der Waals surface area contributed by atoms with Crippen LogP contribution in [-0.2, 0) is 4.79 Å². The van der Waals surface area contributed by atoms with E-state index in [-0.39, 0.29) is 30.0 Å². The molecule has 1 N–H and O–H groups in total. The molecule has 0 atom stereocenters. The Morgan fingerprint density at radius 1 is 1.33 bits per heavy atom. The normalized spacial score (nSPS) is 11.1. The van der Waals surface area contributed by atoms with E-state index in [0.717, 1.165) is 13.0 Å². The molecule has 0 aliphatic carbocycles. The summed E-state index contributed by atoms with van der Waals surface area (Å²) in [7, 11) is 0. The van der Waals surface area contributed by atoms with Gasteiger partial charge in [-0.25, -0.2) is 18.0 Å². The third-order valence-corrected chi connectivity index (χ3v) is 2.39. The van der Waals surface area contributed by atoms with Crippen molar-refractivity contribution in [1.82, 2.24) is 0 Å². The van der Waals surface area contributed by atoms with Gasteiger partial charge in [-0.15, -0.1) is 12.4 Å². The van der Waals surface area contributed by atoms with E-state index in [1.807, 2.05) is 0 Å². The van der Waals surface area contributed by atoms with Crippen LogP contribution in [0.25, 0.3) is 6.08 Å². The van der Waals surface area contributed by atoms with E-state index >= 15 is 0 Å². The van der Waals surface area contributed by atoms with Crippen LogP contribution in [0.4, 0.5) is 13.2 Å². The highest BCUT2D eigenvalue weighted by atomic mass is 35.5. The van der Waals surface area contributed by atoms with E-state index in [4.69, 9.17) is 5.11 Å². The summed E-state index contributed by atoms with van der Waals surface area (Å²) in [5.41, 5.74) is -0.799. The van der Waals surface area contributed by atoms with Gasteiger partial charge in [0, 0.05) is 16.7 Å². The average molecular weight is 281 g/mol. The number of rotatable bonds is 3. The van der Waals surface area contributed by atoms with E-state index in [2.05, 4.69) is 0 Å². The second-order valence-electron chi connectivity index (χ2n) is 3.53. The Morgan fingerprint density at radius 3 is 2.33 bits per heavy atom. The van der Waals surface area contributed by atoms with Crippen molar-refractivity contribution in [3.8, 4) is 0 Å². The van der Waals surface area contributed by atoms with Gasteiger partial charge in [0.05, 0.1) is 0 Å². The highest BCUT2D eigenvalue weighted by Gasteiger charge is 2.15. The predicted octanol–water partition coefficient (Wildman–Crippen LogP) is 3.71. The van der Waals surface area contributed by atoms with Crippen molar-refractivity contribution in [2.24, 2.45) is 0 Å². The molecule has 1 aromatic carbocycles. The lowest BCUT2D eigenvalue weighted by Crippen LogP contribution is -2.01. The molecule has 0 aliphatic rings. The third kappa shape index (κ3) is 3.26. The van der Waals surface area contributed by atoms with Crippen LogP contribution in [0.1, 0.15) is 24.5 Å². The molecule has 0 unspecified atom stereocenters. The number of aliphatic carboxylic acids is 1. The number of hydrogen-bond acceptors (Lipinski definition) is 1. The molecule has 0 amide bonds. The Kier molecular flexibility index (Phi) is 5.91. The molecule has 6 heteroatoms. The Labute approximate surface area is 109 Å². The number of halogens is 4. The fraction of sp³-hybridized carbons (Fsp3) is 0.250. The molecule has 0 saturated carbocycles. The molecule has 0 aliphatic heterocycles. The van der Waals surface area contributed by atoms with Gasteiger partial charge in [-0.1, -0.05) is 6.92 Å². The molecule has 18 heavy (non-hydrogen) atoms. The highest BCUT2D eigenvalue weighted by molar-refractivity contribution is 5.92. The topological polar surface area (TPSA) is 37.3 Å². The maximum atomic E-state index is 13.6. The van der Waals surface area contributed by atoms with Crippen molar-refractivity contribution in [2.45, 2.75) is 20.3 Å². The molecule has 2 nitrogen and oxygen atoms in total. The predicted molar refractivity (Wildman–Crippen MR) is 64.2 cm³/mol. The average Bonchev–Trinajstić information content (AvgIpc) is 2.29. The first-order chi connectivity index (χ1) is 7.88. The van der Waals surface area contributed by atoms with Crippen LogP contribution in [0.15, 0.2) is 11.6 Å². The molecule has 100 valence electrons. The summed E-state index contributed by atoms with van der Waals surface area (Å²) in [6, 6.07) is 0.649. The summed E-state index contributed by atoms with van der Waals surface area (Å²) in [5, 5.41) is 8.76. The molecule has 0 heterocycles. The molecule has 0 fully saturated rings. The Balaban J connectivity index is 0.00000289. The summed E-state index contributed by atoms with van der Waals surface area (Å²) in [5.74, 6) is -4.62. The second kappa shape index (κ2) is 6.44. The molecule has 0 spiro atoms. The fourth-order valence-electron chi connectivity index (χ4n) is 1.36. The lowest BCUT2D eigenvalue weighted by Gasteiger charge is -2.05. The Bertz CT molecular complexity index is 499. The number of carbonyl (C=O) groups is 1. The van der Waals surface area contributed by atoms with Crippen LogP contribution in [-0.4, -0.2) is 11.1 Å². The van der Waals surface area contributed by atoms with Gasteiger partial charge in [0.2, 0.25) is 0 Å². The van der Waals surface area contributed by atoms with Crippen LogP contribution in [0.5, 0.6) is 0 Å². The van der Waals surface area contributed by atoms with Crippen LogP contribution in [0.3, 0.4) is 0 Å². The van der Waals surface area contributed by atoms with Gasteiger partial charge >= 0.3 is 5.97 Å². The summed E-state index contributed by atoms with van der Waals surface area (Å²) < 4.78 is 39.6. The van der Waals surface area contributed by atoms with E-state index in [9.17, 15) is 18.0 Å². The Hall–Kier alpha value is -1.49. The SMILES string of the molecule is CCC(=Cc1cc(F)c(F)c(C)c1F)C(=O)O.Cl. The van der Waals surface area contributed by atoms with E-state index in [0.29, 0.717) is 6.07 Å². The lowest BCUT2D eigenvalue weighted by atomic mass is 10.1. The first-order valence-corrected chi connectivity index (χ1v) is 4.96. The minimum Gasteiger partial charge on any atom is -0.478 e. The van der Waals surface area contributed by atoms with Crippen molar-refractivity contribution >= 4 is 24.5 Å². The summed E-state index contributed by atoms with van der Waals surface area (Å²) in [6.07, 6.45) is 1.17. The van der Waals surface area contributed by atoms with Gasteiger partial charge in [-0.3, -0.25) is 0 Å². The maximum absolute atomic E-state index is 13.6. The summed E-state index contributed by atoms with van der Waals surface area (Å²) in [6.45, 7) is 2.67. The summed E-state index contributed by atoms with van der Waals surface area (Å²) in [4.78, 5) is 10.7. The van der Waals surface area contributed by atoms with Gasteiger partial charge in [-0.2, -0.15) is 0 Å². The first-order valence-electron chi connectivity index (χ1n) is 4.96. The highest BCUT2D eigenvalue weighted by Crippen LogP contribution is 2.22. The van der Waals surface area contributed by atoms with E-state index in [1.54, 1.807) is 6.92 Å². The largest absolute Gasteiger partial charge is 0.478 e. The van der Waals surface area contributed by atoms with Crippen LogP contribution >= 0.6 is 12.4 Å². The first kappa shape index (κ1) is 16.5. The molecule has 0 bridgehead atoms. The minimum atomic E-state index is -1.26. The van der Waals surface area contributed by atoms with Crippen molar-refractivity contribution in [3.05, 3.63) is 40.2 Å². The zero-order valence-electron chi connectivity index (χ0n) is 9.76. The fourth-order valence-corrected chi connectivity index (χ4v) is 1.36. The number of carboxylic acid groups (broad SMARTS) is 1. The van der Waals surface area contributed by atoms with Gasteiger partial charge in [0.1, 0.15) is 5.82 Å². The Morgan fingerprint density at radius 2 is 1.89 bits per heavy atom. The van der Waals surface area contributed by atoms with Crippen molar-refractivity contribution < 1.29 is 23.1 Å². The monoisotopic (exact) mass is 280 g/mol. The lowest BCUT2D eigenvalue weighted by molar-refractivity contribution is -0.132. The van der Waals surface area contributed by atoms with E-state index in [1.165, 1.54) is 0 Å². The quantitative estimate of drug-likeness (QED) is 0.677. The van der Waals surface area contributed by atoms with Crippen molar-refractivity contribution in [1.29, 1.82) is 0 Å². The number of carboxylic acids is 1. The molecule has 0 saturated heterocycles. The number of benzene rings is 1. The maximum Gasteiger partial charge on any atom is 0.331 e. The zero-order chi connectivity index (χ0) is 13.2. The van der Waals surface area contributed by atoms with Crippen molar-refractivity contribution in [3.63, 3.8) is 0 Å². The molecular formula is C12H12ClF3O2. The smallest absolute Gasteiger partial charge is 0.331 e. The minimum absolute atomic E-state index is 0. The summed E-state index contributed by atoms with van der Waals surface area (Å²) >= 11 is 0. The molecule has 0 radical (unpaired) electrons. The van der Waals surface area contributed by atoms with Crippen LogP contribution in [0.2, 0.25) is 0 Å². The van der Waals surface area contributed by atoms with Gasteiger partial charge < -0.3 is 5.11 Å². The standard InChI is InChI=1S/C12H11F3O2.ClH/c1-3-7(12(16)17)4-8-5-9(13)11(15)6(2)10(8)14;/h4-5H,3H2,1-2H3,(H,16,17);1H. The van der Waals surface area contributed by atoms with Gasteiger partial charge in [0.25, 0.3) is 0 Å². The molecule has 1 rings (SSSR count). The number of hydrogen-bond donors (Lipinski definition) is 1. The van der Waals surface area contributed by atoms with Crippen LogP contribution < -0.4 is 0 Å². The third-order valence-electron chi connectivity index (χ3n) is 2.39. The molecular weight excluding hydrogens is 269 g/mol. The second-order valence-corrected chi connectivity index (χ2v) is 3.53. The van der Waals surface area contributed by atoms with Crippen molar-refractivity contribution in [2.75, 3.05) is 0 Å². The van der Waals surface area contributed by atoms with Gasteiger partial charge in [-0.05, 0) is 25.5 Å².